The van der Waals surface area contributed by atoms with Gasteiger partial charge in [0.1, 0.15) is 30.5 Å². The summed E-state index contributed by atoms with van der Waals surface area (Å²) >= 11 is 0. The van der Waals surface area contributed by atoms with Crippen molar-refractivity contribution in [1.82, 2.24) is 29.4 Å². The first-order valence-corrected chi connectivity index (χ1v) is 18.9. The molecule has 286 valence electrons. The molecular formula is C41H52FN9O3. The molecule has 54 heavy (non-hydrogen) atoms. The Morgan fingerprint density at radius 3 is 1.78 bits per heavy atom. The van der Waals surface area contributed by atoms with Gasteiger partial charge in [-0.2, -0.15) is 10.2 Å². The number of nitrogens with one attached hydrogen (secondary N) is 2. The smallest absolute Gasteiger partial charge is 0.323 e. The summed E-state index contributed by atoms with van der Waals surface area (Å²) in [6.07, 6.45) is 11.3. The van der Waals surface area contributed by atoms with E-state index in [-0.39, 0.29) is 5.69 Å². The number of nitrogens with zero attached hydrogens (tertiary/aromatic N) is 6. The fourth-order valence-corrected chi connectivity index (χ4v) is 6.87. The van der Waals surface area contributed by atoms with Gasteiger partial charge in [-0.15, -0.1) is 0 Å². The number of nitrogen functional groups attached to an aromatic ring is 1. The summed E-state index contributed by atoms with van der Waals surface area (Å²) in [6, 6.07) is 20.6. The number of benzene rings is 3. The Kier molecular flexibility index (Phi) is 13.5. The molecule has 4 heterocycles. The minimum absolute atomic E-state index is 0.120. The second kappa shape index (κ2) is 19.1. The van der Waals surface area contributed by atoms with Crippen molar-refractivity contribution in [2.75, 3.05) is 68.8 Å². The van der Waals surface area contributed by atoms with Gasteiger partial charge in [0.25, 0.3) is 0 Å². The first kappa shape index (κ1) is 38.3. The number of piperidine rings is 2. The van der Waals surface area contributed by atoms with Crippen LogP contribution in [-0.4, -0.2) is 87.9 Å². The highest BCUT2D eigenvalue weighted by atomic mass is 19.1. The molecule has 2 saturated heterocycles. The van der Waals surface area contributed by atoms with E-state index in [0.29, 0.717) is 18.9 Å². The molecule has 0 spiro atoms. The fraction of sp³-hybridized carbons (Fsp3) is 0.390. The van der Waals surface area contributed by atoms with E-state index >= 15 is 0 Å². The van der Waals surface area contributed by atoms with E-state index < -0.39 is 11.8 Å². The third-order valence-electron chi connectivity index (χ3n) is 9.78. The van der Waals surface area contributed by atoms with Gasteiger partial charge in [0, 0.05) is 62.1 Å². The average Bonchev–Trinajstić information content (AvgIpc) is 3.82. The van der Waals surface area contributed by atoms with Crippen molar-refractivity contribution in [1.29, 1.82) is 0 Å². The molecule has 12 nitrogen and oxygen atoms in total. The number of aryl methyl sites for hydroxylation is 2. The number of urea groups is 1. The molecule has 3 aromatic carbocycles. The summed E-state index contributed by atoms with van der Waals surface area (Å²) in [5.74, 6) is 1.11. The Hall–Kier alpha value is -5.40. The number of halogens is 1. The van der Waals surface area contributed by atoms with Crippen molar-refractivity contribution >= 4 is 23.1 Å². The third-order valence-corrected chi connectivity index (χ3v) is 9.78. The van der Waals surface area contributed by atoms with Gasteiger partial charge < -0.3 is 25.8 Å². The molecule has 13 heteroatoms. The van der Waals surface area contributed by atoms with Crippen molar-refractivity contribution in [3.8, 4) is 34.0 Å². The van der Waals surface area contributed by atoms with Crippen molar-refractivity contribution in [3.63, 3.8) is 0 Å². The van der Waals surface area contributed by atoms with Crippen molar-refractivity contribution in [3.05, 3.63) is 91.0 Å². The number of ether oxygens (including phenoxy) is 2. The molecule has 2 aliphatic heterocycles. The topological polar surface area (TPSA) is 128 Å². The van der Waals surface area contributed by atoms with Crippen LogP contribution in [0.15, 0.2) is 85.2 Å². The maximum atomic E-state index is 13.8. The standard InChI is InChI=1S/C24H28FN5O2.C17H24N4O/c1-29-22(11-12-26-29)19-17-18(27-24(31)28-21-8-4-3-7-20(21)25)9-10-23(19)32-16-15-30-13-5-2-6-14-30;1-20-16(7-8-19-20)15-13-14(18)5-6-17(15)22-12-11-21-9-3-2-4-10-21/h3-4,7-12,17H,2,5-6,13-16H2,1H3,(H2,27,28,31);5-8,13H,2-4,9-12,18H2,1H3. The number of likely N-dealkylation sites (tertiary alicyclic amines) is 2. The lowest BCUT2D eigenvalue weighted by Gasteiger charge is -2.26. The van der Waals surface area contributed by atoms with Crippen LogP contribution in [0.3, 0.4) is 0 Å². The van der Waals surface area contributed by atoms with Crippen molar-refractivity contribution in [2.24, 2.45) is 14.1 Å². The molecule has 5 aromatic rings. The molecule has 2 aliphatic rings. The number of anilines is 3. The van der Waals surface area contributed by atoms with E-state index in [1.807, 2.05) is 61.2 Å². The molecule has 0 atom stereocenters. The average molecular weight is 738 g/mol. The number of amides is 2. The molecule has 4 N–H and O–H groups in total. The number of rotatable bonds is 12. The second-order valence-corrected chi connectivity index (χ2v) is 13.7. The summed E-state index contributed by atoms with van der Waals surface area (Å²) in [5.41, 5.74) is 11.1. The first-order chi connectivity index (χ1) is 26.3. The number of carbonyl (C=O) groups is 1. The number of nitrogens with two attached hydrogens (primary N) is 1. The van der Waals surface area contributed by atoms with Crippen molar-refractivity contribution in [2.45, 2.75) is 38.5 Å². The lowest BCUT2D eigenvalue weighted by atomic mass is 10.1. The van der Waals surface area contributed by atoms with E-state index in [9.17, 15) is 9.18 Å². The summed E-state index contributed by atoms with van der Waals surface area (Å²) in [4.78, 5) is 17.3. The largest absolute Gasteiger partial charge is 0.492 e. The van der Waals surface area contributed by atoms with Gasteiger partial charge in [0.2, 0.25) is 0 Å². The number of hydrogen-bond acceptors (Lipinski definition) is 8. The number of para-hydroxylation sites is 1. The Bertz CT molecular complexity index is 1950. The van der Waals surface area contributed by atoms with Crippen LogP contribution in [0.1, 0.15) is 38.5 Å². The molecule has 0 aliphatic carbocycles. The van der Waals surface area contributed by atoms with Crippen LogP contribution >= 0.6 is 0 Å². The molecule has 0 saturated carbocycles. The lowest BCUT2D eigenvalue weighted by molar-refractivity contribution is 0.183. The van der Waals surface area contributed by atoms with E-state index in [0.717, 1.165) is 65.9 Å². The monoisotopic (exact) mass is 737 g/mol. The van der Waals surface area contributed by atoms with E-state index in [4.69, 9.17) is 15.2 Å². The quantitative estimate of drug-likeness (QED) is 0.114. The van der Waals surface area contributed by atoms with Crippen LogP contribution in [0.25, 0.3) is 22.5 Å². The minimum atomic E-state index is -0.523. The minimum Gasteiger partial charge on any atom is -0.492 e. The molecule has 2 amide bonds. The molecule has 0 radical (unpaired) electrons. The predicted octanol–water partition coefficient (Wildman–Crippen LogP) is 7.27. The van der Waals surface area contributed by atoms with Gasteiger partial charge in [-0.1, -0.05) is 25.0 Å². The SMILES string of the molecule is Cn1nccc1-c1cc(N)ccc1OCCN1CCCCC1.Cn1nccc1-c1cc(NC(=O)Nc2ccccc2F)ccc1OCCN1CCCCC1. The fourth-order valence-electron chi connectivity index (χ4n) is 6.87. The number of carbonyl (C=O) groups excluding carboxylic acids is 1. The molecule has 2 fully saturated rings. The van der Waals surface area contributed by atoms with Gasteiger partial charge in [-0.25, -0.2) is 9.18 Å². The van der Waals surface area contributed by atoms with Gasteiger partial charge in [0.15, 0.2) is 0 Å². The highest BCUT2D eigenvalue weighted by Gasteiger charge is 2.16. The summed E-state index contributed by atoms with van der Waals surface area (Å²) in [5, 5.41) is 13.8. The predicted molar refractivity (Wildman–Crippen MR) is 212 cm³/mol. The summed E-state index contributed by atoms with van der Waals surface area (Å²) < 4.78 is 29.6. The van der Waals surface area contributed by atoms with Crippen LogP contribution in [-0.2, 0) is 14.1 Å². The molecule has 0 unspecified atom stereocenters. The zero-order valence-electron chi connectivity index (χ0n) is 31.3. The van der Waals surface area contributed by atoms with Crippen LogP contribution in [0, 0.1) is 5.82 Å². The van der Waals surface area contributed by atoms with Crippen LogP contribution in [0.5, 0.6) is 11.5 Å². The van der Waals surface area contributed by atoms with E-state index in [1.54, 1.807) is 35.3 Å². The van der Waals surface area contributed by atoms with Gasteiger partial charge in [-0.05, 0) is 113 Å². The summed E-state index contributed by atoms with van der Waals surface area (Å²) in [7, 11) is 3.79. The Morgan fingerprint density at radius 1 is 0.704 bits per heavy atom. The van der Waals surface area contributed by atoms with Gasteiger partial charge >= 0.3 is 6.03 Å². The van der Waals surface area contributed by atoms with Crippen LogP contribution in [0.4, 0.5) is 26.2 Å². The maximum absolute atomic E-state index is 13.8. The van der Waals surface area contributed by atoms with Gasteiger partial charge in [0.05, 0.1) is 17.1 Å². The molecule has 7 rings (SSSR count). The normalized spacial score (nSPS) is 14.9. The number of hydrogen-bond donors (Lipinski definition) is 3. The zero-order valence-corrected chi connectivity index (χ0v) is 31.3. The zero-order chi connectivity index (χ0) is 37.7. The Balaban J connectivity index is 0.000000197. The third kappa shape index (κ3) is 10.6. The lowest BCUT2D eigenvalue weighted by Crippen LogP contribution is -2.33. The number of aromatic nitrogens is 4. The second-order valence-electron chi connectivity index (χ2n) is 13.7. The highest BCUT2D eigenvalue weighted by molar-refractivity contribution is 6.00. The highest BCUT2D eigenvalue weighted by Crippen LogP contribution is 2.33. The molecule has 0 bridgehead atoms. The first-order valence-electron chi connectivity index (χ1n) is 18.9. The Morgan fingerprint density at radius 2 is 1.24 bits per heavy atom. The van der Waals surface area contributed by atoms with Crippen molar-refractivity contribution < 1.29 is 18.7 Å². The van der Waals surface area contributed by atoms with Gasteiger partial charge in [-0.3, -0.25) is 19.2 Å². The van der Waals surface area contributed by atoms with E-state index in [2.05, 4.69) is 30.6 Å². The van der Waals surface area contributed by atoms with Crippen LogP contribution in [0.2, 0.25) is 0 Å². The van der Waals surface area contributed by atoms with Crippen LogP contribution < -0.4 is 25.8 Å². The molecular weight excluding hydrogens is 686 g/mol. The Labute approximate surface area is 317 Å². The summed E-state index contributed by atoms with van der Waals surface area (Å²) in [6.45, 7) is 7.79. The molecule has 2 aromatic heterocycles. The van der Waals surface area contributed by atoms with E-state index in [1.165, 1.54) is 63.7 Å². The maximum Gasteiger partial charge on any atom is 0.323 e.